The molecule has 2 rings (SSSR count). The van der Waals surface area contributed by atoms with Crippen molar-refractivity contribution in [1.82, 2.24) is 10.2 Å². The number of nitrogens with zero attached hydrogens (tertiary/aromatic N) is 1. The molecule has 0 unspecified atom stereocenters. The van der Waals surface area contributed by atoms with Crippen LogP contribution in [0.5, 0.6) is 0 Å². The van der Waals surface area contributed by atoms with Gasteiger partial charge in [-0.1, -0.05) is 13.0 Å². The van der Waals surface area contributed by atoms with Crippen molar-refractivity contribution in [2.75, 3.05) is 19.6 Å². The third-order valence-corrected chi connectivity index (χ3v) is 3.91. The van der Waals surface area contributed by atoms with E-state index in [-0.39, 0.29) is 0 Å². The average Bonchev–Trinajstić information content (AvgIpc) is 3.02. The van der Waals surface area contributed by atoms with E-state index >= 15 is 0 Å². The topological polar surface area (TPSA) is 15.3 Å². The third-order valence-electron chi connectivity index (χ3n) is 3.05. The van der Waals surface area contributed by atoms with Crippen molar-refractivity contribution < 1.29 is 0 Å². The first-order valence-corrected chi connectivity index (χ1v) is 7.25. The van der Waals surface area contributed by atoms with Crippen LogP contribution in [-0.4, -0.2) is 30.6 Å². The van der Waals surface area contributed by atoms with Crippen LogP contribution in [0.3, 0.4) is 0 Å². The molecule has 16 heavy (non-hydrogen) atoms. The van der Waals surface area contributed by atoms with Crippen LogP contribution in [0.2, 0.25) is 0 Å². The minimum Gasteiger partial charge on any atom is -0.317 e. The van der Waals surface area contributed by atoms with Gasteiger partial charge < -0.3 is 5.32 Å². The molecule has 0 atom stereocenters. The second-order valence-corrected chi connectivity index (χ2v) is 5.52. The monoisotopic (exact) mass is 238 g/mol. The predicted octanol–water partition coefficient (Wildman–Crippen LogP) is 2.71. The lowest BCUT2D eigenvalue weighted by Crippen LogP contribution is -2.28. The summed E-state index contributed by atoms with van der Waals surface area (Å²) in [5.74, 6) is 0. The Labute approximate surface area is 103 Å². The molecule has 1 N–H and O–H groups in total. The van der Waals surface area contributed by atoms with Crippen molar-refractivity contribution in [2.24, 2.45) is 0 Å². The fraction of sp³-hybridized carbons (Fsp3) is 0.692. The smallest absolute Gasteiger partial charge is 0.0330 e. The van der Waals surface area contributed by atoms with Crippen LogP contribution in [-0.2, 0) is 6.54 Å². The van der Waals surface area contributed by atoms with E-state index in [1.807, 2.05) is 11.3 Å². The number of rotatable bonds is 8. The molecule has 0 saturated heterocycles. The van der Waals surface area contributed by atoms with Gasteiger partial charge in [-0.25, -0.2) is 0 Å². The van der Waals surface area contributed by atoms with Gasteiger partial charge in [0.25, 0.3) is 0 Å². The van der Waals surface area contributed by atoms with E-state index in [2.05, 4.69) is 34.7 Å². The van der Waals surface area contributed by atoms with Gasteiger partial charge >= 0.3 is 0 Å². The van der Waals surface area contributed by atoms with Crippen molar-refractivity contribution in [3.05, 3.63) is 22.4 Å². The fourth-order valence-electron chi connectivity index (χ4n) is 2.02. The van der Waals surface area contributed by atoms with Crippen LogP contribution >= 0.6 is 11.3 Å². The Balaban J connectivity index is 1.72. The molecule has 2 nitrogen and oxygen atoms in total. The molecular formula is C13H22N2S. The lowest BCUT2D eigenvalue weighted by molar-refractivity contribution is 0.253. The minimum atomic E-state index is 0.878. The number of hydrogen-bond acceptors (Lipinski definition) is 3. The molecule has 1 heterocycles. The molecular weight excluding hydrogens is 216 g/mol. The molecule has 0 spiro atoms. The SMILES string of the molecule is CCNCCCN(Cc1cccs1)C1CC1. The van der Waals surface area contributed by atoms with Gasteiger partial charge in [-0.2, -0.15) is 0 Å². The molecule has 0 radical (unpaired) electrons. The first kappa shape index (κ1) is 12.1. The molecule has 1 fully saturated rings. The average molecular weight is 238 g/mol. The summed E-state index contributed by atoms with van der Waals surface area (Å²) < 4.78 is 0. The molecule has 1 aliphatic carbocycles. The van der Waals surface area contributed by atoms with Gasteiger partial charge in [-0.05, 0) is 43.8 Å². The Morgan fingerprint density at radius 1 is 1.50 bits per heavy atom. The summed E-state index contributed by atoms with van der Waals surface area (Å²) in [5.41, 5.74) is 0. The molecule has 0 bridgehead atoms. The van der Waals surface area contributed by atoms with Crippen molar-refractivity contribution in [2.45, 2.75) is 38.8 Å². The Morgan fingerprint density at radius 2 is 2.38 bits per heavy atom. The normalized spacial score (nSPS) is 15.9. The predicted molar refractivity (Wildman–Crippen MR) is 70.9 cm³/mol. The molecule has 1 saturated carbocycles. The van der Waals surface area contributed by atoms with Crippen LogP contribution in [0.15, 0.2) is 17.5 Å². The van der Waals surface area contributed by atoms with Gasteiger partial charge in [0.05, 0.1) is 0 Å². The first-order valence-electron chi connectivity index (χ1n) is 6.37. The Hall–Kier alpha value is -0.380. The molecule has 90 valence electrons. The van der Waals surface area contributed by atoms with Crippen LogP contribution in [0.4, 0.5) is 0 Å². The molecule has 0 amide bonds. The Bertz CT molecular complexity index is 280. The van der Waals surface area contributed by atoms with Gasteiger partial charge in [0.15, 0.2) is 0 Å². The molecule has 1 aromatic heterocycles. The first-order chi connectivity index (χ1) is 7.90. The summed E-state index contributed by atoms with van der Waals surface area (Å²) in [6.07, 6.45) is 4.09. The zero-order valence-corrected chi connectivity index (χ0v) is 10.9. The van der Waals surface area contributed by atoms with E-state index in [1.165, 1.54) is 30.7 Å². The summed E-state index contributed by atoms with van der Waals surface area (Å²) in [6.45, 7) is 6.83. The van der Waals surface area contributed by atoms with Crippen molar-refractivity contribution in [3.63, 3.8) is 0 Å². The standard InChI is InChI=1S/C13H22N2S/c1-2-14-8-4-9-15(12-6-7-12)11-13-5-3-10-16-13/h3,5,10,12,14H,2,4,6-9,11H2,1H3. The molecule has 3 heteroatoms. The van der Waals surface area contributed by atoms with Crippen molar-refractivity contribution >= 4 is 11.3 Å². The van der Waals surface area contributed by atoms with Crippen LogP contribution in [0, 0.1) is 0 Å². The highest BCUT2D eigenvalue weighted by molar-refractivity contribution is 7.09. The number of thiophene rings is 1. The zero-order valence-electron chi connectivity index (χ0n) is 10.1. The van der Waals surface area contributed by atoms with Crippen LogP contribution in [0.25, 0.3) is 0 Å². The molecule has 0 aliphatic heterocycles. The van der Waals surface area contributed by atoms with Gasteiger partial charge in [0.2, 0.25) is 0 Å². The van der Waals surface area contributed by atoms with E-state index in [4.69, 9.17) is 0 Å². The highest BCUT2D eigenvalue weighted by Crippen LogP contribution is 2.29. The highest BCUT2D eigenvalue weighted by atomic mass is 32.1. The summed E-state index contributed by atoms with van der Waals surface area (Å²) >= 11 is 1.88. The van der Waals surface area contributed by atoms with E-state index in [9.17, 15) is 0 Å². The summed E-state index contributed by atoms with van der Waals surface area (Å²) in [7, 11) is 0. The summed E-state index contributed by atoms with van der Waals surface area (Å²) in [6, 6.07) is 5.29. The van der Waals surface area contributed by atoms with Gasteiger partial charge in [0.1, 0.15) is 0 Å². The molecule has 1 aromatic rings. The lowest BCUT2D eigenvalue weighted by atomic mass is 10.3. The number of nitrogens with one attached hydrogen (secondary N) is 1. The largest absolute Gasteiger partial charge is 0.317 e. The molecule has 0 aromatic carbocycles. The van der Waals surface area contributed by atoms with Crippen LogP contribution in [0.1, 0.15) is 31.1 Å². The van der Waals surface area contributed by atoms with Gasteiger partial charge in [-0.15, -0.1) is 11.3 Å². The van der Waals surface area contributed by atoms with Gasteiger partial charge in [0, 0.05) is 24.0 Å². The quantitative estimate of drug-likeness (QED) is 0.701. The van der Waals surface area contributed by atoms with Crippen LogP contribution < -0.4 is 5.32 Å². The maximum Gasteiger partial charge on any atom is 0.0330 e. The van der Waals surface area contributed by atoms with E-state index in [0.717, 1.165) is 25.7 Å². The second-order valence-electron chi connectivity index (χ2n) is 4.49. The van der Waals surface area contributed by atoms with E-state index in [0.29, 0.717) is 0 Å². The highest BCUT2D eigenvalue weighted by Gasteiger charge is 2.28. The summed E-state index contributed by atoms with van der Waals surface area (Å²) in [5, 5.41) is 5.58. The maximum atomic E-state index is 3.40. The van der Waals surface area contributed by atoms with Crippen molar-refractivity contribution in [1.29, 1.82) is 0 Å². The van der Waals surface area contributed by atoms with E-state index in [1.54, 1.807) is 0 Å². The third kappa shape index (κ3) is 3.89. The molecule has 1 aliphatic rings. The maximum absolute atomic E-state index is 3.40. The Morgan fingerprint density at radius 3 is 3.00 bits per heavy atom. The number of hydrogen-bond donors (Lipinski definition) is 1. The van der Waals surface area contributed by atoms with Crippen molar-refractivity contribution in [3.8, 4) is 0 Å². The second kappa shape index (κ2) is 6.38. The fourth-order valence-corrected chi connectivity index (χ4v) is 2.75. The zero-order chi connectivity index (χ0) is 11.2. The van der Waals surface area contributed by atoms with Gasteiger partial charge in [-0.3, -0.25) is 4.90 Å². The van der Waals surface area contributed by atoms with E-state index < -0.39 is 0 Å². The summed E-state index contributed by atoms with van der Waals surface area (Å²) in [4.78, 5) is 4.17. The lowest BCUT2D eigenvalue weighted by Gasteiger charge is -2.21. The minimum absolute atomic E-state index is 0.878. The Kier molecular flexibility index (Phi) is 4.82.